The summed E-state index contributed by atoms with van der Waals surface area (Å²) in [6.07, 6.45) is 5.63. The number of rotatable bonds is 2. The van der Waals surface area contributed by atoms with Gasteiger partial charge >= 0.3 is 0 Å². The van der Waals surface area contributed by atoms with Crippen LogP contribution in [0.5, 0.6) is 0 Å². The molecule has 1 aliphatic rings. The van der Waals surface area contributed by atoms with Crippen LogP contribution in [-0.2, 0) is 25.4 Å². The molecule has 5 heteroatoms. The van der Waals surface area contributed by atoms with Crippen molar-refractivity contribution in [2.45, 2.75) is 39.2 Å². The molecule has 4 rings (SSSR count). The molecule has 1 aromatic carbocycles. The number of nitrogens with zero attached hydrogens (tertiary/aromatic N) is 4. The lowest BCUT2D eigenvalue weighted by Crippen LogP contribution is -2.33. The monoisotopic (exact) mass is 376 g/mol. The van der Waals surface area contributed by atoms with Crippen molar-refractivity contribution >= 4 is 5.91 Å². The SMILES string of the molecule is Cn1nc(-c2ccccc2)c2c1CCN(C(=O)c1ccn(C(C)(C)C)c1)CC2. The van der Waals surface area contributed by atoms with E-state index in [2.05, 4.69) is 37.5 Å². The van der Waals surface area contributed by atoms with Gasteiger partial charge in [0.05, 0.1) is 11.3 Å². The van der Waals surface area contributed by atoms with Crippen molar-refractivity contribution in [2.75, 3.05) is 13.1 Å². The Kier molecular flexibility index (Phi) is 4.61. The maximum Gasteiger partial charge on any atom is 0.255 e. The van der Waals surface area contributed by atoms with Crippen molar-refractivity contribution in [2.24, 2.45) is 7.05 Å². The Balaban J connectivity index is 1.57. The molecule has 28 heavy (non-hydrogen) atoms. The van der Waals surface area contributed by atoms with Crippen LogP contribution in [0.3, 0.4) is 0 Å². The van der Waals surface area contributed by atoms with Gasteiger partial charge in [0.1, 0.15) is 0 Å². The molecule has 0 spiro atoms. The van der Waals surface area contributed by atoms with E-state index in [0.29, 0.717) is 0 Å². The maximum absolute atomic E-state index is 13.1. The van der Waals surface area contributed by atoms with Crippen LogP contribution in [0.15, 0.2) is 48.8 Å². The molecule has 0 bridgehead atoms. The molecular weight excluding hydrogens is 348 g/mol. The van der Waals surface area contributed by atoms with Gasteiger partial charge in [0, 0.05) is 61.3 Å². The van der Waals surface area contributed by atoms with Crippen molar-refractivity contribution in [1.82, 2.24) is 19.2 Å². The van der Waals surface area contributed by atoms with Crippen LogP contribution >= 0.6 is 0 Å². The zero-order valence-electron chi connectivity index (χ0n) is 17.1. The molecule has 1 amide bonds. The third kappa shape index (κ3) is 3.37. The minimum atomic E-state index is -0.0240. The Morgan fingerprint density at radius 3 is 2.43 bits per heavy atom. The Bertz CT molecular complexity index is 992. The van der Waals surface area contributed by atoms with Crippen LogP contribution in [0.4, 0.5) is 0 Å². The highest BCUT2D eigenvalue weighted by Gasteiger charge is 2.26. The van der Waals surface area contributed by atoms with Crippen LogP contribution in [0.25, 0.3) is 11.3 Å². The summed E-state index contributed by atoms with van der Waals surface area (Å²) in [7, 11) is 2.01. The Hall–Kier alpha value is -2.82. The van der Waals surface area contributed by atoms with Gasteiger partial charge in [-0.3, -0.25) is 9.48 Å². The van der Waals surface area contributed by atoms with Crippen molar-refractivity contribution in [3.05, 3.63) is 65.6 Å². The van der Waals surface area contributed by atoms with Gasteiger partial charge in [0.15, 0.2) is 0 Å². The van der Waals surface area contributed by atoms with Crippen LogP contribution in [0, 0.1) is 0 Å². The lowest BCUT2D eigenvalue weighted by Gasteiger charge is -2.22. The summed E-state index contributed by atoms with van der Waals surface area (Å²) < 4.78 is 4.09. The van der Waals surface area contributed by atoms with Crippen molar-refractivity contribution in [1.29, 1.82) is 0 Å². The average Bonchev–Trinajstić information content (AvgIpc) is 3.21. The van der Waals surface area contributed by atoms with Crippen LogP contribution < -0.4 is 0 Å². The summed E-state index contributed by atoms with van der Waals surface area (Å²) >= 11 is 0. The van der Waals surface area contributed by atoms with Crippen LogP contribution in [0.2, 0.25) is 0 Å². The third-order valence-corrected chi connectivity index (χ3v) is 5.57. The van der Waals surface area contributed by atoms with Gasteiger partial charge in [-0.05, 0) is 33.3 Å². The first kappa shape index (κ1) is 18.5. The first-order chi connectivity index (χ1) is 13.3. The normalized spacial score (nSPS) is 14.6. The van der Waals surface area contributed by atoms with E-state index in [0.717, 1.165) is 42.8 Å². The number of amides is 1. The average molecular weight is 377 g/mol. The predicted molar refractivity (Wildman–Crippen MR) is 111 cm³/mol. The highest BCUT2D eigenvalue weighted by molar-refractivity contribution is 5.94. The molecule has 5 nitrogen and oxygen atoms in total. The van der Waals surface area contributed by atoms with Crippen molar-refractivity contribution < 1.29 is 4.79 Å². The minimum Gasteiger partial charge on any atom is -0.348 e. The molecule has 0 fully saturated rings. The number of carbonyl (C=O) groups is 1. The van der Waals surface area contributed by atoms with E-state index in [1.165, 1.54) is 11.3 Å². The van der Waals surface area contributed by atoms with Crippen molar-refractivity contribution in [3.63, 3.8) is 0 Å². The van der Waals surface area contributed by atoms with Crippen LogP contribution in [0.1, 0.15) is 42.4 Å². The Morgan fingerprint density at radius 1 is 1.04 bits per heavy atom. The van der Waals surface area contributed by atoms with Gasteiger partial charge in [-0.25, -0.2) is 0 Å². The molecular formula is C23H28N4O. The van der Waals surface area contributed by atoms with E-state index in [1.807, 2.05) is 53.3 Å². The molecule has 0 aliphatic carbocycles. The lowest BCUT2D eigenvalue weighted by atomic mass is 10.0. The summed E-state index contributed by atoms with van der Waals surface area (Å²) in [4.78, 5) is 15.1. The number of aromatic nitrogens is 3. The summed E-state index contributed by atoms with van der Waals surface area (Å²) in [6.45, 7) is 7.87. The third-order valence-electron chi connectivity index (χ3n) is 5.57. The van der Waals surface area contributed by atoms with Gasteiger partial charge < -0.3 is 9.47 Å². The van der Waals surface area contributed by atoms with Gasteiger partial charge in [-0.2, -0.15) is 5.10 Å². The minimum absolute atomic E-state index is 0.0240. The lowest BCUT2D eigenvalue weighted by molar-refractivity contribution is 0.0762. The Morgan fingerprint density at radius 2 is 1.75 bits per heavy atom. The smallest absolute Gasteiger partial charge is 0.255 e. The highest BCUT2D eigenvalue weighted by Crippen LogP contribution is 2.28. The summed E-state index contributed by atoms with van der Waals surface area (Å²) in [5, 5.41) is 4.77. The molecule has 0 N–H and O–H groups in total. The first-order valence-electron chi connectivity index (χ1n) is 9.92. The molecule has 0 unspecified atom stereocenters. The number of hydrogen-bond donors (Lipinski definition) is 0. The van der Waals surface area contributed by atoms with Gasteiger partial charge in [-0.15, -0.1) is 0 Å². The summed E-state index contributed by atoms with van der Waals surface area (Å²) in [5.74, 6) is 0.116. The fraction of sp³-hybridized carbons (Fsp3) is 0.391. The molecule has 0 radical (unpaired) electrons. The topological polar surface area (TPSA) is 43.1 Å². The predicted octanol–water partition coefficient (Wildman–Crippen LogP) is 3.88. The number of hydrogen-bond acceptors (Lipinski definition) is 2. The Labute approximate surface area is 166 Å². The van der Waals surface area contributed by atoms with E-state index in [4.69, 9.17) is 5.10 Å². The molecule has 3 aromatic rings. The number of aryl methyl sites for hydroxylation is 1. The van der Waals surface area contributed by atoms with Gasteiger partial charge in [-0.1, -0.05) is 30.3 Å². The van der Waals surface area contributed by atoms with Crippen LogP contribution in [-0.4, -0.2) is 38.2 Å². The second-order valence-electron chi connectivity index (χ2n) is 8.53. The quantitative estimate of drug-likeness (QED) is 0.681. The molecule has 2 aromatic heterocycles. The number of fused-ring (bicyclic) bond motifs is 1. The van der Waals surface area contributed by atoms with Gasteiger partial charge in [0.2, 0.25) is 0 Å². The number of benzene rings is 1. The molecule has 0 saturated carbocycles. The second-order valence-corrected chi connectivity index (χ2v) is 8.53. The fourth-order valence-corrected chi connectivity index (χ4v) is 3.93. The molecule has 0 saturated heterocycles. The molecule has 146 valence electrons. The number of carbonyl (C=O) groups excluding carboxylic acids is 1. The van der Waals surface area contributed by atoms with E-state index >= 15 is 0 Å². The standard InChI is InChI=1S/C23H28N4O/c1-23(2,3)27-15-10-18(16-27)22(28)26-13-11-19-20(12-14-26)25(4)24-21(19)17-8-6-5-7-9-17/h5-10,15-16H,11-14H2,1-4H3. The maximum atomic E-state index is 13.1. The van der Waals surface area contributed by atoms with E-state index < -0.39 is 0 Å². The molecule has 3 heterocycles. The highest BCUT2D eigenvalue weighted by atomic mass is 16.2. The largest absolute Gasteiger partial charge is 0.348 e. The first-order valence-corrected chi connectivity index (χ1v) is 9.92. The second kappa shape index (κ2) is 6.97. The summed E-state index contributed by atoms with van der Waals surface area (Å²) in [5.41, 5.74) is 5.44. The zero-order valence-corrected chi connectivity index (χ0v) is 17.1. The molecule has 1 aliphatic heterocycles. The van der Waals surface area contributed by atoms with Crippen molar-refractivity contribution in [3.8, 4) is 11.3 Å². The van der Waals surface area contributed by atoms with E-state index in [-0.39, 0.29) is 11.4 Å². The molecule has 0 atom stereocenters. The van der Waals surface area contributed by atoms with Gasteiger partial charge in [0.25, 0.3) is 5.91 Å². The summed E-state index contributed by atoms with van der Waals surface area (Å²) in [6, 6.07) is 12.3. The van der Waals surface area contributed by atoms with E-state index in [1.54, 1.807) is 0 Å². The van der Waals surface area contributed by atoms with E-state index in [9.17, 15) is 4.79 Å². The fourth-order valence-electron chi connectivity index (χ4n) is 3.93. The zero-order chi connectivity index (χ0) is 19.9.